The highest BCUT2D eigenvalue weighted by atomic mass is 32.2. The molecule has 0 saturated heterocycles. The smallest absolute Gasteiger partial charge is 0.341 e. The second kappa shape index (κ2) is 9.13. The zero-order valence-electron chi connectivity index (χ0n) is 13.5. The fourth-order valence-corrected chi connectivity index (χ4v) is 4.48. The van der Waals surface area contributed by atoms with Crippen LogP contribution >= 0.6 is 23.1 Å². The summed E-state index contributed by atoms with van der Waals surface area (Å²) < 4.78 is 5.21. The summed E-state index contributed by atoms with van der Waals surface area (Å²) in [5.74, 6) is 0.690. The van der Waals surface area contributed by atoms with E-state index in [1.807, 2.05) is 0 Å². The first-order chi connectivity index (χ1) is 11.2. The van der Waals surface area contributed by atoms with Crippen LogP contribution in [-0.2, 0) is 22.4 Å². The molecule has 4 nitrogen and oxygen atoms in total. The monoisotopic (exact) mass is 353 g/mol. The van der Waals surface area contributed by atoms with Gasteiger partial charge in [0.25, 0.3) is 0 Å². The third-order valence-electron chi connectivity index (χ3n) is 3.62. The molecule has 1 aromatic heterocycles. The van der Waals surface area contributed by atoms with E-state index in [2.05, 4.69) is 11.9 Å². The van der Waals surface area contributed by atoms with Gasteiger partial charge in [0.05, 0.1) is 17.9 Å². The van der Waals surface area contributed by atoms with E-state index in [9.17, 15) is 9.59 Å². The van der Waals surface area contributed by atoms with Gasteiger partial charge in [-0.15, -0.1) is 29.7 Å². The number of rotatable bonds is 7. The molecule has 1 amide bonds. The van der Waals surface area contributed by atoms with Gasteiger partial charge in [0.1, 0.15) is 5.00 Å². The minimum atomic E-state index is -0.319. The first-order valence-corrected chi connectivity index (χ1v) is 9.94. The number of anilines is 1. The van der Waals surface area contributed by atoms with Crippen molar-refractivity contribution in [3.63, 3.8) is 0 Å². The molecule has 0 spiro atoms. The summed E-state index contributed by atoms with van der Waals surface area (Å²) >= 11 is 3.04. The molecule has 0 atom stereocenters. The predicted octanol–water partition coefficient (Wildman–Crippen LogP) is 4.05. The Kier molecular flexibility index (Phi) is 7.17. The Labute approximate surface area is 145 Å². The number of amides is 1. The van der Waals surface area contributed by atoms with Crippen LogP contribution in [0.25, 0.3) is 0 Å². The zero-order valence-corrected chi connectivity index (χ0v) is 15.1. The number of carbonyl (C=O) groups excluding carboxylic acids is 2. The topological polar surface area (TPSA) is 55.4 Å². The molecule has 0 aromatic carbocycles. The van der Waals surface area contributed by atoms with Crippen molar-refractivity contribution >= 4 is 40.0 Å². The van der Waals surface area contributed by atoms with E-state index in [0.717, 1.165) is 37.0 Å². The van der Waals surface area contributed by atoms with Crippen molar-refractivity contribution in [2.24, 2.45) is 0 Å². The molecule has 0 aliphatic heterocycles. The fraction of sp³-hybridized carbons (Fsp3) is 0.529. The molecule has 126 valence electrons. The SMILES string of the molecule is C=CCSCC(=O)Nc1sc2c(c1C(=O)OCC)CCCCC2. The Morgan fingerprint density at radius 1 is 1.35 bits per heavy atom. The van der Waals surface area contributed by atoms with Gasteiger partial charge in [0.2, 0.25) is 5.91 Å². The molecule has 0 radical (unpaired) electrons. The van der Waals surface area contributed by atoms with Crippen molar-refractivity contribution in [2.45, 2.75) is 39.0 Å². The Morgan fingerprint density at radius 2 is 2.13 bits per heavy atom. The quantitative estimate of drug-likeness (QED) is 0.348. The van der Waals surface area contributed by atoms with Crippen LogP contribution in [0.15, 0.2) is 12.7 Å². The maximum Gasteiger partial charge on any atom is 0.341 e. The average molecular weight is 354 g/mol. The number of aryl methyl sites for hydroxylation is 1. The number of esters is 1. The lowest BCUT2D eigenvalue weighted by Gasteiger charge is -2.08. The van der Waals surface area contributed by atoms with E-state index in [1.165, 1.54) is 34.4 Å². The second-order valence-electron chi connectivity index (χ2n) is 5.34. The fourth-order valence-electron chi connectivity index (χ4n) is 2.65. The zero-order chi connectivity index (χ0) is 16.7. The molecule has 2 rings (SSSR count). The second-order valence-corrected chi connectivity index (χ2v) is 7.48. The van der Waals surface area contributed by atoms with Crippen LogP contribution in [0.5, 0.6) is 0 Å². The van der Waals surface area contributed by atoms with Gasteiger partial charge in [-0.1, -0.05) is 12.5 Å². The number of fused-ring (bicyclic) bond motifs is 1. The van der Waals surface area contributed by atoms with Gasteiger partial charge < -0.3 is 10.1 Å². The minimum absolute atomic E-state index is 0.0844. The van der Waals surface area contributed by atoms with Gasteiger partial charge >= 0.3 is 5.97 Å². The number of nitrogens with one attached hydrogen (secondary N) is 1. The lowest BCUT2D eigenvalue weighted by molar-refractivity contribution is -0.113. The minimum Gasteiger partial charge on any atom is -0.462 e. The number of thioether (sulfide) groups is 1. The summed E-state index contributed by atoms with van der Waals surface area (Å²) in [6.45, 7) is 5.78. The summed E-state index contributed by atoms with van der Waals surface area (Å²) in [7, 11) is 0. The largest absolute Gasteiger partial charge is 0.462 e. The highest BCUT2D eigenvalue weighted by Crippen LogP contribution is 2.38. The Morgan fingerprint density at radius 3 is 2.87 bits per heavy atom. The predicted molar refractivity (Wildman–Crippen MR) is 97.7 cm³/mol. The van der Waals surface area contributed by atoms with Gasteiger partial charge in [-0.2, -0.15) is 0 Å². The molecule has 1 aliphatic carbocycles. The molecule has 1 aliphatic rings. The number of hydrogen-bond donors (Lipinski definition) is 1. The van der Waals surface area contributed by atoms with Crippen LogP contribution in [-0.4, -0.2) is 30.0 Å². The third-order valence-corrected chi connectivity index (χ3v) is 5.77. The molecule has 0 unspecified atom stereocenters. The number of hydrogen-bond acceptors (Lipinski definition) is 5. The van der Waals surface area contributed by atoms with Crippen LogP contribution in [0.4, 0.5) is 5.00 Å². The summed E-state index contributed by atoms with van der Waals surface area (Å²) in [6.07, 6.45) is 7.05. The number of thiophene rings is 1. The first kappa shape index (κ1) is 18.1. The van der Waals surface area contributed by atoms with Crippen molar-refractivity contribution in [2.75, 3.05) is 23.4 Å². The standard InChI is InChI=1S/C17H23NO3S2/c1-3-10-22-11-14(19)18-16-15(17(20)21-4-2)12-8-6-5-7-9-13(12)23-16/h3H,1,4-11H2,2H3,(H,18,19). The van der Waals surface area contributed by atoms with E-state index in [0.29, 0.717) is 22.9 Å². The summed E-state index contributed by atoms with van der Waals surface area (Å²) in [6, 6.07) is 0. The Balaban J connectivity index is 2.21. The Hall–Kier alpha value is -1.27. The summed E-state index contributed by atoms with van der Waals surface area (Å²) in [5.41, 5.74) is 1.66. The van der Waals surface area contributed by atoms with Crippen LogP contribution in [0.2, 0.25) is 0 Å². The van der Waals surface area contributed by atoms with Crippen LogP contribution in [0.1, 0.15) is 47.0 Å². The summed E-state index contributed by atoms with van der Waals surface area (Å²) in [4.78, 5) is 25.7. The van der Waals surface area contributed by atoms with E-state index >= 15 is 0 Å². The van der Waals surface area contributed by atoms with Gasteiger partial charge in [-0.25, -0.2) is 4.79 Å². The van der Waals surface area contributed by atoms with Crippen molar-refractivity contribution in [3.05, 3.63) is 28.7 Å². The molecular formula is C17H23NO3S2. The van der Waals surface area contributed by atoms with Crippen molar-refractivity contribution < 1.29 is 14.3 Å². The highest BCUT2D eigenvalue weighted by molar-refractivity contribution is 8.00. The van der Waals surface area contributed by atoms with Crippen LogP contribution in [0.3, 0.4) is 0 Å². The normalized spacial score (nSPS) is 13.8. The molecular weight excluding hydrogens is 330 g/mol. The Bertz CT molecular complexity index is 581. The van der Waals surface area contributed by atoms with E-state index in [-0.39, 0.29) is 11.9 Å². The van der Waals surface area contributed by atoms with Crippen molar-refractivity contribution in [1.82, 2.24) is 0 Å². The number of ether oxygens (including phenoxy) is 1. The molecule has 0 saturated carbocycles. The molecule has 1 aromatic rings. The molecule has 1 heterocycles. The molecule has 0 fully saturated rings. The van der Waals surface area contributed by atoms with Crippen molar-refractivity contribution in [1.29, 1.82) is 0 Å². The van der Waals surface area contributed by atoms with Gasteiger partial charge in [-0.05, 0) is 38.2 Å². The van der Waals surface area contributed by atoms with Gasteiger partial charge in [0, 0.05) is 10.6 Å². The van der Waals surface area contributed by atoms with Crippen LogP contribution in [0, 0.1) is 0 Å². The maximum absolute atomic E-state index is 12.4. The van der Waals surface area contributed by atoms with E-state index in [4.69, 9.17) is 4.74 Å². The van der Waals surface area contributed by atoms with E-state index < -0.39 is 0 Å². The highest BCUT2D eigenvalue weighted by Gasteiger charge is 2.26. The molecule has 0 bridgehead atoms. The van der Waals surface area contributed by atoms with Gasteiger partial charge in [0.15, 0.2) is 0 Å². The summed E-state index contributed by atoms with van der Waals surface area (Å²) in [5, 5.41) is 3.56. The number of carbonyl (C=O) groups is 2. The van der Waals surface area contributed by atoms with Crippen molar-refractivity contribution in [3.8, 4) is 0 Å². The van der Waals surface area contributed by atoms with Gasteiger partial charge in [-0.3, -0.25) is 4.79 Å². The van der Waals surface area contributed by atoms with Crippen LogP contribution < -0.4 is 5.32 Å². The average Bonchev–Trinajstić information content (AvgIpc) is 2.69. The van der Waals surface area contributed by atoms with E-state index in [1.54, 1.807) is 13.0 Å². The molecule has 23 heavy (non-hydrogen) atoms. The lowest BCUT2D eigenvalue weighted by Crippen LogP contribution is -2.17. The first-order valence-electron chi connectivity index (χ1n) is 7.97. The third kappa shape index (κ3) is 4.85. The molecule has 6 heteroatoms. The lowest BCUT2D eigenvalue weighted by atomic mass is 10.1. The maximum atomic E-state index is 12.4. The molecule has 1 N–H and O–H groups in total.